The van der Waals surface area contributed by atoms with Gasteiger partial charge in [0.15, 0.2) is 12.6 Å². The monoisotopic (exact) mass is 392 g/mol. The quantitative estimate of drug-likeness (QED) is 0.613. The minimum absolute atomic E-state index is 0.105. The van der Waals surface area contributed by atoms with Crippen LogP contribution in [0.2, 0.25) is 0 Å². The van der Waals surface area contributed by atoms with Gasteiger partial charge in [-0.15, -0.1) is 0 Å². The topological polar surface area (TPSA) is 57.2 Å². The van der Waals surface area contributed by atoms with Crippen molar-refractivity contribution in [1.29, 1.82) is 0 Å². The Hall–Kier alpha value is -0.250. The minimum atomic E-state index is -0.712. The molecule has 0 spiro atoms. The van der Waals surface area contributed by atoms with E-state index in [1.165, 1.54) is 7.11 Å². The van der Waals surface area contributed by atoms with Gasteiger partial charge in [0.05, 0.1) is 10.5 Å². The Morgan fingerprint density at radius 3 is 2.70 bits per heavy atom. The fraction of sp³-hybridized carbons (Fsp3) is 0.571. The van der Waals surface area contributed by atoms with Crippen LogP contribution in [-0.2, 0) is 18.9 Å². The summed E-state index contributed by atoms with van der Waals surface area (Å²) in [7, 11) is 1.52. The molecule has 2 aliphatic rings. The van der Waals surface area contributed by atoms with Gasteiger partial charge in [0, 0.05) is 12.7 Å². The third kappa shape index (κ3) is 2.72. The van der Waals surface area contributed by atoms with E-state index in [-0.39, 0.29) is 16.1 Å². The molecule has 0 radical (unpaired) electrons. The van der Waals surface area contributed by atoms with Crippen LogP contribution in [0.4, 0.5) is 0 Å². The SMILES string of the molecule is CO[C@@H]1O[C@@H]2CO[C@@H](c3ccccc3)O[C@H]2[C@@H](I)[C@H]1O. The van der Waals surface area contributed by atoms with Crippen molar-refractivity contribution in [2.75, 3.05) is 13.7 Å². The van der Waals surface area contributed by atoms with Crippen LogP contribution in [-0.4, -0.2) is 47.3 Å². The lowest BCUT2D eigenvalue weighted by Gasteiger charge is -2.46. The number of rotatable bonds is 2. The van der Waals surface area contributed by atoms with Crippen LogP contribution in [0.15, 0.2) is 30.3 Å². The lowest BCUT2D eigenvalue weighted by Crippen LogP contribution is -2.59. The number of halogens is 1. The summed E-state index contributed by atoms with van der Waals surface area (Å²) in [4.78, 5) is 0. The molecular formula is C14H17IO5. The van der Waals surface area contributed by atoms with Crippen LogP contribution < -0.4 is 0 Å². The van der Waals surface area contributed by atoms with Crippen molar-refractivity contribution in [3.63, 3.8) is 0 Å². The normalized spacial score (nSPS) is 41.1. The van der Waals surface area contributed by atoms with E-state index in [9.17, 15) is 5.11 Å². The Balaban J connectivity index is 1.74. The first kappa shape index (κ1) is 14.7. The predicted molar refractivity (Wildman–Crippen MR) is 79.5 cm³/mol. The van der Waals surface area contributed by atoms with Gasteiger partial charge >= 0.3 is 0 Å². The van der Waals surface area contributed by atoms with Gasteiger partial charge in [-0.05, 0) is 0 Å². The molecule has 6 heteroatoms. The van der Waals surface area contributed by atoms with E-state index in [4.69, 9.17) is 18.9 Å². The molecule has 2 aliphatic heterocycles. The molecule has 0 aliphatic carbocycles. The number of methoxy groups -OCH3 is 1. The van der Waals surface area contributed by atoms with E-state index >= 15 is 0 Å². The van der Waals surface area contributed by atoms with Crippen molar-refractivity contribution in [3.05, 3.63) is 35.9 Å². The second-order valence-corrected chi connectivity index (χ2v) is 6.33. The highest BCUT2D eigenvalue weighted by molar-refractivity contribution is 14.1. The molecule has 0 aromatic heterocycles. The standard InChI is InChI=1S/C14H17IO5/c1-17-14-11(16)10(15)12-9(19-14)7-18-13(20-12)8-5-3-2-4-6-8/h2-6,9-14,16H,7H2,1H3/t9-,10+,11-,12-,13-,14-/m1/s1. The molecule has 1 N–H and O–H groups in total. The third-order valence-corrected chi connectivity index (χ3v) is 5.04. The maximum atomic E-state index is 10.2. The smallest absolute Gasteiger partial charge is 0.184 e. The first-order valence-electron chi connectivity index (χ1n) is 6.53. The Kier molecular flexibility index (Phi) is 4.58. The van der Waals surface area contributed by atoms with Gasteiger partial charge in [-0.25, -0.2) is 0 Å². The van der Waals surface area contributed by atoms with Gasteiger partial charge in [-0.2, -0.15) is 0 Å². The van der Waals surface area contributed by atoms with E-state index in [2.05, 4.69) is 22.6 Å². The fourth-order valence-corrected chi connectivity index (χ4v) is 3.49. The summed E-state index contributed by atoms with van der Waals surface area (Å²) in [5.41, 5.74) is 0.970. The molecule has 1 aromatic carbocycles. The molecule has 5 nitrogen and oxygen atoms in total. The van der Waals surface area contributed by atoms with Gasteiger partial charge < -0.3 is 24.1 Å². The van der Waals surface area contributed by atoms with Gasteiger partial charge in [0.2, 0.25) is 0 Å². The predicted octanol–water partition coefficient (Wildman–Crippen LogP) is 1.64. The van der Waals surface area contributed by atoms with Crippen LogP contribution in [0.5, 0.6) is 0 Å². The lowest BCUT2D eigenvalue weighted by atomic mass is 10.0. The second kappa shape index (κ2) is 6.25. The van der Waals surface area contributed by atoms with E-state index in [0.29, 0.717) is 6.61 Å². The number of fused-ring (bicyclic) bond motifs is 1. The van der Waals surface area contributed by atoms with Gasteiger partial charge in [-0.1, -0.05) is 52.9 Å². The molecule has 1 aromatic rings. The average molecular weight is 392 g/mol. The summed E-state index contributed by atoms with van der Waals surface area (Å²) in [5, 5.41) is 10.2. The lowest BCUT2D eigenvalue weighted by molar-refractivity contribution is -0.328. The minimum Gasteiger partial charge on any atom is -0.387 e. The van der Waals surface area contributed by atoms with Crippen LogP contribution in [0.25, 0.3) is 0 Å². The zero-order valence-corrected chi connectivity index (χ0v) is 13.2. The summed E-state index contributed by atoms with van der Waals surface area (Å²) in [6, 6.07) is 9.77. The first-order valence-corrected chi connectivity index (χ1v) is 7.77. The van der Waals surface area contributed by atoms with Crippen molar-refractivity contribution in [3.8, 4) is 0 Å². The highest BCUT2D eigenvalue weighted by Crippen LogP contribution is 2.36. The van der Waals surface area contributed by atoms with Crippen LogP contribution >= 0.6 is 22.6 Å². The second-order valence-electron chi connectivity index (χ2n) is 4.89. The third-order valence-electron chi connectivity index (χ3n) is 3.59. The Bertz CT molecular complexity index is 440. The van der Waals surface area contributed by atoms with Crippen molar-refractivity contribution in [2.24, 2.45) is 0 Å². The molecule has 0 saturated carbocycles. The van der Waals surface area contributed by atoms with Crippen LogP contribution in [0.3, 0.4) is 0 Å². The van der Waals surface area contributed by atoms with E-state index in [1.807, 2.05) is 30.3 Å². The zero-order valence-electron chi connectivity index (χ0n) is 11.0. The number of aliphatic hydroxyl groups is 1. The zero-order chi connectivity index (χ0) is 14.1. The van der Waals surface area contributed by atoms with Crippen molar-refractivity contribution >= 4 is 22.6 Å². The van der Waals surface area contributed by atoms with E-state index in [1.54, 1.807) is 0 Å². The molecule has 110 valence electrons. The fourth-order valence-electron chi connectivity index (χ4n) is 2.52. The molecule has 2 saturated heterocycles. The number of ether oxygens (including phenoxy) is 4. The molecule has 6 atom stereocenters. The Morgan fingerprint density at radius 2 is 2.00 bits per heavy atom. The maximum absolute atomic E-state index is 10.2. The average Bonchev–Trinajstić information content (AvgIpc) is 2.51. The summed E-state index contributed by atoms with van der Waals surface area (Å²) >= 11 is 2.19. The summed E-state index contributed by atoms with van der Waals surface area (Å²) < 4.78 is 22.4. The Labute approximate surface area is 131 Å². The number of alkyl halides is 1. The highest BCUT2D eigenvalue weighted by Gasteiger charge is 2.48. The largest absolute Gasteiger partial charge is 0.387 e. The number of hydrogen-bond acceptors (Lipinski definition) is 5. The van der Waals surface area contributed by atoms with Gasteiger partial charge in [0.25, 0.3) is 0 Å². The van der Waals surface area contributed by atoms with Gasteiger partial charge in [0.1, 0.15) is 18.3 Å². The maximum Gasteiger partial charge on any atom is 0.184 e. The number of hydrogen-bond donors (Lipinski definition) is 1. The van der Waals surface area contributed by atoms with Gasteiger partial charge in [-0.3, -0.25) is 0 Å². The molecule has 2 fully saturated rings. The van der Waals surface area contributed by atoms with Crippen LogP contribution in [0, 0.1) is 0 Å². The molecule has 2 heterocycles. The summed E-state index contributed by atoms with van der Waals surface area (Å²) in [5.74, 6) is 0. The molecule has 20 heavy (non-hydrogen) atoms. The Morgan fingerprint density at radius 1 is 1.25 bits per heavy atom. The van der Waals surface area contributed by atoms with E-state index in [0.717, 1.165) is 5.56 Å². The summed E-state index contributed by atoms with van der Waals surface area (Å²) in [6.45, 7) is 0.427. The molecular weight excluding hydrogens is 375 g/mol. The molecule has 0 amide bonds. The number of aliphatic hydroxyl groups excluding tert-OH is 1. The molecule has 3 rings (SSSR count). The highest BCUT2D eigenvalue weighted by atomic mass is 127. The van der Waals surface area contributed by atoms with Crippen molar-refractivity contribution < 1.29 is 24.1 Å². The molecule has 0 unspecified atom stereocenters. The van der Waals surface area contributed by atoms with Crippen molar-refractivity contribution in [1.82, 2.24) is 0 Å². The van der Waals surface area contributed by atoms with Crippen LogP contribution in [0.1, 0.15) is 11.9 Å². The number of benzene rings is 1. The molecule has 0 bridgehead atoms. The van der Waals surface area contributed by atoms with E-state index < -0.39 is 18.7 Å². The summed E-state index contributed by atoms with van der Waals surface area (Å²) in [6.07, 6.45) is -2.18. The van der Waals surface area contributed by atoms with Crippen molar-refractivity contribution in [2.45, 2.75) is 34.8 Å². The first-order chi connectivity index (χ1) is 9.70.